The first-order valence-electron chi connectivity index (χ1n) is 6.07. The molecule has 1 aromatic rings. The lowest BCUT2D eigenvalue weighted by Crippen LogP contribution is -2.52. The number of rotatable bonds is 2. The smallest absolute Gasteiger partial charge is 0.288 e. The van der Waals surface area contributed by atoms with Gasteiger partial charge in [0.05, 0.1) is 6.54 Å². The molecule has 0 aliphatic carbocycles. The van der Waals surface area contributed by atoms with Gasteiger partial charge in [0.1, 0.15) is 11.4 Å². The summed E-state index contributed by atoms with van der Waals surface area (Å²) in [5, 5.41) is 0. The Labute approximate surface area is 111 Å². The van der Waals surface area contributed by atoms with Crippen LogP contribution in [0.3, 0.4) is 0 Å². The van der Waals surface area contributed by atoms with Gasteiger partial charge in [-0.2, -0.15) is 0 Å². The second kappa shape index (κ2) is 4.53. The van der Waals surface area contributed by atoms with Gasteiger partial charge in [0.15, 0.2) is 5.84 Å². The highest BCUT2D eigenvalue weighted by molar-refractivity contribution is 6.37. The summed E-state index contributed by atoms with van der Waals surface area (Å²) in [4.78, 5) is 17.5. The Bertz CT molecular complexity index is 558. The van der Waals surface area contributed by atoms with Gasteiger partial charge in [-0.25, -0.2) is 4.39 Å². The van der Waals surface area contributed by atoms with Crippen molar-refractivity contribution in [1.29, 1.82) is 0 Å². The van der Waals surface area contributed by atoms with Crippen LogP contribution in [0.5, 0.6) is 0 Å². The van der Waals surface area contributed by atoms with E-state index in [1.807, 2.05) is 6.92 Å². The monoisotopic (exact) mass is 264 g/mol. The highest BCUT2D eigenvalue weighted by Crippen LogP contribution is 2.32. The number of amidine groups is 1. The number of hydrogen-bond donors (Lipinski definition) is 2. The first-order valence-corrected chi connectivity index (χ1v) is 6.07. The van der Waals surface area contributed by atoms with Crippen molar-refractivity contribution < 1.29 is 9.18 Å². The molecule has 1 aliphatic heterocycles. The van der Waals surface area contributed by atoms with Crippen LogP contribution in [0.15, 0.2) is 23.2 Å². The predicted molar refractivity (Wildman–Crippen MR) is 72.0 cm³/mol. The number of hydrogen-bond acceptors (Lipinski definition) is 4. The van der Waals surface area contributed by atoms with Gasteiger partial charge in [-0.05, 0) is 32.0 Å². The Morgan fingerprint density at radius 3 is 2.79 bits per heavy atom. The molecule has 0 bridgehead atoms. The first kappa shape index (κ1) is 13.3. The maximum Gasteiger partial charge on any atom is 0.288 e. The largest absolute Gasteiger partial charge is 0.399 e. The van der Waals surface area contributed by atoms with E-state index in [-0.39, 0.29) is 18.3 Å². The summed E-state index contributed by atoms with van der Waals surface area (Å²) >= 11 is 0. The minimum atomic E-state index is -0.909. The van der Waals surface area contributed by atoms with Crippen molar-refractivity contribution in [3.63, 3.8) is 0 Å². The summed E-state index contributed by atoms with van der Waals surface area (Å²) in [6, 6.07) is 4.32. The van der Waals surface area contributed by atoms with Crippen molar-refractivity contribution in [2.24, 2.45) is 10.7 Å². The summed E-state index contributed by atoms with van der Waals surface area (Å²) < 4.78 is 14.0. The Balaban J connectivity index is 2.53. The van der Waals surface area contributed by atoms with Gasteiger partial charge in [0.25, 0.3) is 5.91 Å². The van der Waals surface area contributed by atoms with Crippen LogP contribution < -0.4 is 11.5 Å². The summed E-state index contributed by atoms with van der Waals surface area (Å²) in [5.74, 6) is -0.819. The average molecular weight is 264 g/mol. The van der Waals surface area contributed by atoms with Gasteiger partial charge >= 0.3 is 0 Å². The summed E-state index contributed by atoms with van der Waals surface area (Å²) in [6.45, 7) is 4.36. The molecule has 5 nitrogen and oxygen atoms in total. The van der Waals surface area contributed by atoms with E-state index in [0.717, 1.165) is 0 Å². The molecule has 1 aliphatic rings. The van der Waals surface area contributed by atoms with Crippen LogP contribution in [0.2, 0.25) is 0 Å². The molecule has 1 amide bonds. The van der Waals surface area contributed by atoms with Crippen LogP contribution in [-0.2, 0) is 10.3 Å². The van der Waals surface area contributed by atoms with Crippen LogP contribution in [0.4, 0.5) is 10.1 Å². The third kappa shape index (κ3) is 2.25. The van der Waals surface area contributed by atoms with E-state index >= 15 is 0 Å². The molecule has 1 heterocycles. The molecule has 1 aromatic carbocycles. The quantitative estimate of drug-likeness (QED) is 0.776. The van der Waals surface area contributed by atoms with E-state index in [1.165, 1.54) is 18.2 Å². The molecule has 0 saturated carbocycles. The topological polar surface area (TPSA) is 84.7 Å². The first-order chi connectivity index (χ1) is 8.87. The summed E-state index contributed by atoms with van der Waals surface area (Å²) in [5.41, 5.74) is 11.2. The lowest BCUT2D eigenvalue weighted by molar-refractivity contribution is -0.125. The van der Waals surface area contributed by atoms with Crippen molar-refractivity contribution in [3.8, 4) is 0 Å². The van der Waals surface area contributed by atoms with Crippen LogP contribution >= 0.6 is 0 Å². The van der Waals surface area contributed by atoms with Crippen LogP contribution in [0.25, 0.3) is 0 Å². The number of carbonyl (C=O) groups is 1. The van der Waals surface area contributed by atoms with Gasteiger partial charge in [0.2, 0.25) is 0 Å². The number of anilines is 1. The predicted octanol–water partition coefficient (Wildman–Crippen LogP) is 0.842. The maximum atomic E-state index is 14.0. The molecule has 0 saturated heterocycles. The molecule has 6 heteroatoms. The van der Waals surface area contributed by atoms with E-state index in [0.29, 0.717) is 17.8 Å². The molecule has 0 radical (unpaired) electrons. The fraction of sp³-hybridized carbons (Fsp3) is 0.385. The van der Waals surface area contributed by atoms with E-state index in [1.54, 1.807) is 11.8 Å². The molecule has 4 N–H and O–H groups in total. The van der Waals surface area contributed by atoms with Gasteiger partial charge in [-0.3, -0.25) is 9.79 Å². The Morgan fingerprint density at radius 1 is 1.47 bits per heavy atom. The zero-order chi connectivity index (χ0) is 14.2. The van der Waals surface area contributed by atoms with E-state index in [4.69, 9.17) is 11.5 Å². The number of likely N-dealkylation sites (N-methyl/N-ethyl adjacent to an activating group) is 1. The third-order valence-corrected chi connectivity index (χ3v) is 3.32. The average Bonchev–Trinajstić information content (AvgIpc) is 2.36. The van der Waals surface area contributed by atoms with Gasteiger partial charge in [-0.1, -0.05) is 0 Å². The van der Waals surface area contributed by atoms with Crippen molar-refractivity contribution in [2.45, 2.75) is 19.4 Å². The zero-order valence-electron chi connectivity index (χ0n) is 11.0. The number of nitrogens with zero attached hydrogens (tertiary/aromatic N) is 2. The number of halogens is 1. The Hall–Kier alpha value is -2.11. The third-order valence-electron chi connectivity index (χ3n) is 3.32. The number of amides is 1. The molecule has 0 aromatic heterocycles. The van der Waals surface area contributed by atoms with Gasteiger partial charge in [-0.15, -0.1) is 0 Å². The number of nitrogen functional groups attached to an aromatic ring is 1. The SMILES string of the molecule is CCN1CC(C)(c2cc(N)ccc2F)N=C(N)C1=O. The van der Waals surface area contributed by atoms with Gasteiger partial charge < -0.3 is 16.4 Å². The number of nitrogens with two attached hydrogens (primary N) is 2. The molecule has 19 heavy (non-hydrogen) atoms. The maximum absolute atomic E-state index is 14.0. The summed E-state index contributed by atoms with van der Waals surface area (Å²) in [6.07, 6.45) is 0. The number of aliphatic imine (C=N–C) groups is 1. The Morgan fingerprint density at radius 2 is 2.16 bits per heavy atom. The van der Waals surface area contributed by atoms with E-state index < -0.39 is 11.4 Å². The highest BCUT2D eigenvalue weighted by atomic mass is 19.1. The van der Waals surface area contributed by atoms with Crippen molar-refractivity contribution in [3.05, 3.63) is 29.6 Å². The lowest BCUT2D eigenvalue weighted by atomic mass is 9.89. The van der Waals surface area contributed by atoms with Crippen LogP contribution in [0, 0.1) is 5.82 Å². The van der Waals surface area contributed by atoms with Crippen molar-refractivity contribution >= 4 is 17.4 Å². The van der Waals surface area contributed by atoms with Crippen molar-refractivity contribution in [1.82, 2.24) is 4.90 Å². The zero-order valence-corrected chi connectivity index (χ0v) is 11.0. The van der Waals surface area contributed by atoms with Crippen LogP contribution in [0.1, 0.15) is 19.4 Å². The molecular weight excluding hydrogens is 247 g/mol. The molecule has 2 rings (SSSR count). The highest BCUT2D eigenvalue weighted by Gasteiger charge is 2.38. The molecule has 0 fully saturated rings. The molecule has 1 atom stereocenters. The minimum absolute atomic E-state index is 0.0996. The van der Waals surface area contributed by atoms with E-state index in [9.17, 15) is 9.18 Å². The van der Waals surface area contributed by atoms with Crippen molar-refractivity contribution in [2.75, 3.05) is 18.8 Å². The normalized spacial score (nSPS) is 23.4. The lowest BCUT2D eigenvalue weighted by Gasteiger charge is -2.37. The fourth-order valence-electron chi connectivity index (χ4n) is 2.31. The van der Waals surface area contributed by atoms with Crippen LogP contribution in [-0.4, -0.2) is 29.7 Å². The van der Waals surface area contributed by atoms with Gasteiger partial charge in [0, 0.05) is 17.8 Å². The molecule has 102 valence electrons. The standard InChI is InChI=1S/C13H17FN4O/c1-3-18-7-13(2,17-11(16)12(18)19)9-6-8(15)4-5-10(9)14/h4-6H,3,7,15H2,1-2H3,(H2,16,17). The summed E-state index contributed by atoms with van der Waals surface area (Å²) in [7, 11) is 0. The number of benzene rings is 1. The Kier molecular flexibility index (Phi) is 3.18. The molecular formula is C13H17FN4O. The minimum Gasteiger partial charge on any atom is -0.399 e. The second-order valence-corrected chi connectivity index (χ2v) is 4.83. The number of carbonyl (C=O) groups excluding carboxylic acids is 1. The molecule has 1 unspecified atom stereocenters. The van der Waals surface area contributed by atoms with E-state index in [2.05, 4.69) is 4.99 Å². The second-order valence-electron chi connectivity index (χ2n) is 4.83. The molecule has 0 spiro atoms. The fourth-order valence-corrected chi connectivity index (χ4v) is 2.31.